The molecule has 16 heavy (non-hydrogen) atoms. The van der Waals surface area contributed by atoms with Crippen LogP contribution < -0.4 is 5.73 Å². The third-order valence-corrected chi connectivity index (χ3v) is 2.79. The molecule has 0 aliphatic rings. The normalized spacial score (nSPS) is 10.6. The van der Waals surface area contributed by atoms with E-state index in [2.05, 4.69) is 15.3 Å². The zero-order valence-electron chi connectivity index (χ0n) is 8.20. The Morgan fingerprint density at radius 3 is 3.00 bits per heavy atom. The zero-order chi connectivity index (χ0) is 11.5. The van der Waals surface area contributed by atoms with Gasteiger partial charge in [0, 0.05) is 17.6 Å². The number of hydrogen-bond donors (Lipinski definition) is 2. The van der Waals surface area contributed by atoms with Gasteiger partial charge in [-0.2, -0.15) is 0 Å². The molecular weight excluding hydrogens is 230 g/mol. The lowest BCUT2D eigenvalue weighted by molar-refractivity contribution is 0.0689. The van der Waals surface area contributed by atoms with Crippen LogP contribution in [0, 0.1) is 0 Å². The highest BCUT2D eigenvalue weighted by molar-refractivity contribution is 7.09. The second-order valence-corrected chi connectivity index (χ2v) is 3.99. The number of carbonyl (C=O) groups is 1. The van der Waals surface area contributed by atoms with E-state index in [1.165, 1.54) is 16.0 Å². The van der Waals surface area contributed by atoms with Gasteiger partial charge in [-0.25, -0.2) is 9.48 Å². The van der Waals surface area contributed by atoms with E-state index in [0.29, 0.717) is 12.2 Å². The molecule has 2 rings (SSSR count). The molecule has 8 heteroatoms. The third kappa shape index (κ3) is 1.92. The molecule has 0 aliphatic carbocycles. The molecule has 0 aromatic carbocycles. The molecule has 0 bridgehead atoms. The zero-order valence-corrected chi connectivity index (χ0v) is 9.02. The Bertz CT molecular complexity index is 493. The molecule has 0 spiro atoms. The molecule has 0 aliphatic heterocycles. The molecule has 2 heterocycles. The summed E-state index contributed by atoms with van der Waals surface area (Å²) >= 11 is 1.47. The molecule has 0 fully saturated rings. The van der Waals surface area contributed by atoms with Crippen LogP contribution in [0.3, 0.4) is 0 Å². The van der Waals surface area contributed by atoms with Crippen molar-refractivity contribution >= 4 is 17.3 Å². The summed E-state index contributed by atoms with van der Waals surface area (Å²) in [5, 5.41) is 16.2. The number of aromatic carboxylic acids is 1. The largest absolute Gasteiger partial charge is 0.476 e. The van der Waals surface area contributed by atoms with E-state index in [-0.39, 0.29) is 12.2 Å². The van der Waals surface area contributed by atoms with Crippen LogP contribution in [-0.4, -0.2) is 31.1 Å². The second-order valence-electron chi connectivity index (χ2n) is 3.02. The number of rotatable bonds is 4. The van der Waals surface area contributed by atoms with Crippen molar-refractivity contribution in [3.05, 3.63) is 28.0 Å². The van der Waals surface area contributed by atoms with E-state index in [9.17, 15) is 4.79 Å². The van der Waals surface area contributed by atoms with E-state index in [0.717, 1.165) is 4.88 Å². The van der Waals surface area contributed by atoms with Gasteiger partial charge in [-0.15, -0.1) is 16.4 Å². The Labute approximate surface area is 94.5 Å². The van der Waals surface area contributed by atoms with Crippen LogP contribution in [0.1, 0.15) is 21.1 Å². The van der Waals surface area contributed by atoms with E-state index in [1.807, 2.05) is 0 Å². The van der Waals surface area contributed by atoms with Crippen LogP contribution in [0.2, 0.25) is 0 Å². The first-order chi connectivity index (χ1) is 7.72. The van der Waals surface area contributed by atoms with Crippen LogP contribution in [0.25, 0.3) is 0 Å². The second kappa shape index (κ2) is 4.37. The van der Waals surface area contributed by atoms with Crippen molar-refractivity contribution in [3.8, 4) is 0 Å². The number of carboxylic acids is 1. The highest BCUT2D eigenvalue weighted by atomic mass is 32.1. The summed E-state index contributed by atoms with van der Waals surface area (Å²) in [4.78, 5) is 15.7. The van der Waals surface area contributed by atoms with Gasteiger partial charge in [0.05, 0.1) is 17.7 Å². The summed E-state index contributed by atoms with van der Waals surface area (Å²) in [5.41, 5.74) is 7.51. The topological polar surface area (TPSA) is 107 Å². The average molecular weight is 239 g/mol. The number of thiazole rings is 1. The van der Waals surface area contributed by atoms with Crippen LogP contribution in [0.5, 0.6) is 0 Å². The first-order valence-electron chi connectivity index (χ1n) is 4.45. The van der Waals surface area contributed by atoms with Crippen molar-refractivity contribution in [2.24, 2.45) is 5.73 Å². The SMILES string of the molecule is NCc1c(C(=O)O)nnn1Cc1cncs1. The summed E-state index contributed by atoms with van der Waals surface area (Å²) in [6.07, 6.45) is 1.70. The molecule has 2 aromatic heterocycles. The first kappa shape index (κ1) is 10.7. The highest BCUT2D eigenvalue weighted by Gasteiger charge is 2.17. The maximum atomic E-state index is 10.8. The smallest absolute Gasteiger partial charge is 0.358 e. The van der Waals surface area contributed by atoms with Crippen LogP contribution in [-0.2, 0) is 13.1 Å². The molecule has 0 amide bonds. The predicted octanol–water partition coefficient (Wildman–Crippen LogP) is -0.0602. The minimum Gasteiger partial charge on any atom is -0.476 e. The predicted molar refractivity (Wildman–Crippen MR) is 56.1 cm³/mol. The molecule has 7 nitrogen and oxygen atoms in total. The van der Waals surface area contributed by atoms with Gasteiger partial charge in [0.25, 0.3) is 0 Å². The van der Waals surface area contributed by atoms with Gasteiger partial charge in [0.15, 0.2) is 5.69 Å². The summed E-state index contributed by atoms with van der Waals surface area (Å²) in [6, 6.07) is 0. The highest BCUT2D eigenvalue weighted by Crippen LogP contribution is 2.11. The Morgan fingerprint density at radius 1 is 1.62 bits per heavy atom. The number of aromatic nitrogens is 4. The van der Waals surface area contributed by atoms with Crippen LogP contribution >= 0.6 is 11.3 Å². The van der Waals surface area contributed by atoms with Gasteiger partial charge < -0.3 is 10.8 Å². The molecule has 0 unspecified atom stereocenters. The third-order valence-electron chi connectivity index (χ3n) is 2.02. The fourth-order valence-electron chi connectivity index (χ4n) is 1.30. The van der Waals surface area contributed by atoms with Crippen molar-refractivity contribution in [3.63, 3.8) is 0 Å². The lowest BCUT2D eigenvalue weighted by atomic mass is 10.3. The molecular formula is C8H9N5O2S. The molecule has 0 saturated carbocycles. The number of nitrogens with zero attached hydrogens (tertiary/aromatic N) is 4. The number of nitrogens with two attached hydrogens (primary N) is 1. The Hall–Kier alpha value is -1.80. The fourth-order valence-corrected chi connectivity index (χ4v) is 1.87. The Morgan fingerprint density at radius 2 is 2.44 bits per heavy atom. The first-order valence-corrected chi connectivity index (χ1v) is 5.33. The standard InChI is InChI=1S/C8H9N5O2S/c9-1-6-7(8(14)15)11-12-13(6)3-5-2-10-4-16-5/h2,4H,1,3,9H2,(H,14,15). The molecule has 3 N–H and O–H groups in total. The van der Waals surface area contributed by atoms with Crippen molar-refractivity contribution in [1.29, 1.82) is 0 Å². The molecule has 84 valence electrons. The van der Waals surface area contributed by atoms with E-state index < -0.39 is 5.97 Å². The summed E-state index contributed by atoms with van der Waals surface area (Å²) in [7, 11) is 0. The fraction of sp³-hybridized carbons (Fsp3) is 0.250. The number of hydrogen-bond acceptors (Lipinski definition) is 6. The monoisotopic (exact) mass is 239 g/mol. The minimum atomic E-state index is -1.11. The lowest BCUT2D eigenvalue weighted by Crippen LogP contribution is -2.12. The molecule has 0 radical (unpaired) electrons. The quantitative estimate of drug-likeness (QED) is 0.774. The van der Waals surface area contributed by atoms with Crippen molar-refractivity contribution < 1.29 is 9.90 Å². The minimum absolute atomic E-state index is 0.0907. The van der Waals surface area contributed by atoms with Gasteiger partial charge in [0.1, 0.15) is 0 Å². The maximum Gasteiger partial charge on any atom is 0.358 e. The molecule has 0 atom stereocenters. The van der Waals surface area contributed by atoms with E-state index >= 15 is 0 Å². The van der Waals surface area contributed by atoms with Crippen LogP contribution in [0.15, 0.2) is 11.7 Å². The van der Waals surface area contributed by atoms with Crippen molar-refractivity contribution in [2.45, 2.75) is 13.1 Å². The average Bonchev–Trinajstić information content (AvgIpc) is 2.87. The van der Waals surface area contributed by atoms with Crippen molar-refractivity contribution in [2.75, 3.05) is 0 Å². The Balaban J connectivity index is 2.31. The van der Waals surface area contributed by atoms with Crippen molar-refractivity contribution in [1.82, 2.24) is 20.0 Å². The molecule has 0 saturated heterocycles. The number of carboxylic acid groups (broad SMARTS) is 1. The maximum absolute atomic E-state index is 10.8. The summed E-state index contributed by atoms with van der Waals surface area (Å²) < 4.78 is 1.48. The van der Waals surface area contributed by atoms with Gasteiger partial charge in [0.2, 0.25) is 0 Å². The van der Waals surface area contributed by atoms with Crippen LogP contribution in [0.4, 0.5) is 0 Å². The lowest BCUT2D eigenvalue weighted by Gasteiger charge is -2.02. The van der Waals surface area contributed by atoms with Gasteiger partial charge in [-0.05, 0) is 0 Å². The van der Waals surface area contributed by atoms with E-state index in [4.69, 9.17) is 10.8 Å². The van der Waals surface area contributed by atoms with Gasteiger partial charge >= 0.3 is 5.97 Å². The summed E-state index contributed by atoms with van der Waals surface area (Å²) in [6.45, 7) is 0.533. The van der Waals surface area contributed by atoms with Gasteiger partial charge in [-0.3, -0.25) is 4.98 Å². The van der Waals surface area contributed by atoms with E-state index in [1.54, 1.807) is 11.7 Å². The summed E-state index contributed by atoms with van der Waals surface area (Å²) in [5.74, 6) is -1.11. The van der Waals surface area contributed by atoms with Gasteiger partial charge in [-0.1, -0.05) is 5.21 Å². The Kier molecular flexibility index (Phi) is 2.93. The molecule has 2 aromatic rings.